The number of nitrogens with two attached hydrogens (primary N) is 1. The minimum absolute atomic E-state index is 0.115. The van der Waals surface area contributed by atoms with Crippen molar-refractivity contribution in [2.24, 2.45) is 0 Å². The van der Waals surface area contributed by atoms with Gasteiger partial charge in [-0.15, -0.1) is 0 Å². The Labute approximate surface area is 109 Å². The first-order chi connectivity index (χ1) is 8.78. The van der Waals surface area contributed by atoms with Crippen LogP contribution in [0.15, 0.2) is 12.1 Å². The van der Waals surface area contributed by atoms with E-state index < -0.39 is 11.7 Å². The topological polar surface area (TPSA) is 60.2 Å². The molecule has 2 rings (SSSR count). The number of hydrogen-bond acceptors (Lipinski definition) is 4. The number of nitrogens with zero attached hydrogens (tertiary/aromatic N) is 1. The smallest absolute Gasteiger partial charge is 0.384 e. The summed E-state index contributed by atoms with van der Waals surface area (Å²) >= 11 is 0. The van der Waals surface area contributed by atoms with E-state index in [9.17, 15) is 13.2 Å². The lowest BCUT2D eigenvalue weighted by molar-refractivity contribution is -0.137. The van der Waals surface area contributed by atoms with E-state index in [1.807, 2.05) is 6.92 Å². The third-order valence-electron chi connectivity index (χ3n) is 3.12. The third kappa shape index (κ3) is 3.50. The molecule has 1 atom stereocenters. The number of alkyl halides is 3. The van der Waals surface area contributed by atoms with Gasteiger partial charge in [0.25, 0.3) is 0 Å². The summed E-state index contributed by atoms with van der Waals surface area (Å²) in [6.07, 6.45) is -2.61. The number of rotatable bonds is 3. The number of pyridine rings is 1. The largest absolute Gasteiger partial charge is 0.416 e. The molecular weight excluding hydrogens is 259 g/mol. The highest BCUT2D eigenvalue weighted by molar-refractivity contribution is 5.47. The molecule has 106 valence electrons. The van der Waals surface area contributed by atoms with E-state index in [0.29, 0.717) is 13.2 Å². The molecule has 0 saturated carbocycles. The van der Waals surface area contributed by atoms with Gasteiger partial charge in [-0.3, -0.25) is 0 Å². The van der Waals surface area contributed by atoms with Crippen molar-refractivity contribution in [2.75, 3.05) is 24.2 Å². The summed E-state index contributed by atoms with van der Waals surface area (Å²) in [5.41, 5.74) is 4.23. The highest BCUT2D eigenvalue weighted by atomic mass is 19.4. The van der Waals surface area contributed by atoms with Gasteiger partial charge in [0.05, 0.1) is 11.2 Å². The van der Waals surface area contributed by atoms with Gasteiger partial charge in [-0.05, 0) is 31.9 Å². The summed E-state index contributed by atoms with van der Waals surface area (Å²) in [5, 5.41) is 2.86. The van der Waals surface area contributed by atoms with Gasteiger partial charge >= 0.3 is 6.18 Å². The standard InChI is InChI=1S/C12H16F3N3O/c1-11(3-2-4-19-11)7-17-10-6-8(12(13,14)15)5-9(16)18-10/h5-6H,2-4,7H2,1H3,(H3,16,17,18). The average Bonchev–Trinajstić information content (AvgIpc) is 2.72. The monoisotopic (exact) mass is 275 g/mol. The van der Waals surface area contributed by atoms with Crippen molar-refractivity contribution in [2.45, 2.75) is 31.5 Å². The van der Waals surface area contributed by atoms with E-state index in [-0.39, 0.29) is 17.2 Å². The SMILES string of the molecule is CC1(CNc2cc(C(F)(F)F)cc(N)n2)CCCO1. The molecule has 1 aliphatic rings. The third-order valence-corrected chi connectivity index (χ3v) is 3.12. The highest BCUT2D eigenvalue weighted by Gasteiger charge is 2.32. The summed E-state index contributed by atoms with van der Waals surface area (Å²) in [7, 11) is 0. The molecule has 7 heteroatoms. The van der Waals surface area contributed by atoms with Crippen molar-refractivity contribution < 1.29 is 17.9 Å². The first-order valence-electron chi connectivity index (χ1n) is 6.01. The van der Waals surface area contributed by atoms with Crippen LogP contribution in [0.5, 0.6) is 0 Å². The lowest BCUT2D eigenvalue weighted by Gasteiger charge is -2.24. The second kappa shape index (κ2) is 4.88. The lowest BCUT2D eigenvalue weighted by Crippen LogP contribution is -2.32. The van der Waals surface area contributed by atoms with Crippen molar-refractivity contribution in [3.05, 3.63) is 17.7 Å². The maximum Gasteiger partial charge on any atom is 0.416 e. The van der Waals surface area contributed by atoms with Crippen molar-refractivity contribution in [3.8, 4) is 0 Å². The van der Waals surface area contributed by atoms with Gasteiger partial charge in [0.2, 0.25) is 0 Å². The van der Waals surface area contributed by atoms with Crippen LogP contribution in [0.1, 0.15) is 25.3 Å². The van der Waals surface area contributed by atoms with E-state index >= 15 is 0 Å². The summed E-state index contributed by atoms with van der Waals surface area (Å²) in [5.74, 6) is -0.0427. The fraction of sp³-hybridized carbons (Fsp3) is 0.583. The van der Waals surface area contributed by atoms with Gasteiger partial charge in [-0.1, -0.05) is 0 Å². The van der Waals surface area contributed by atoms with Crippen LogP contribution in [0.2, 0.25) is 0 Å². The van der Waals surface area contributed by atoms with Gasteiger partial charge in [0.1, 0.15) is 11.6 Å². The van der Waals surface area contributed by atoms with Crippen LogP contribution in [-0.2, 0) is 10.9 Å². The Morgan fingerprint density at radius 2 is 2.21 bits per heavy atom. The Kier molecular flexibility index (Phi) is 3.58. The second-order valence-corrected chi connectivity index (χ2v) is 4.92. The second-order valence-electron chi connectivity index (χ2n) is 4.92. The van der Waals surface area contributed by atoms with Crippen LogP contribution in [0.25, 0.3) is 0 Å². The Balaban J connectivity index is 2.10. The van der Waals surface area contributed by atoms with Gasteiger partial charge in [0, 0.05) is 13.2 Å². The van der Waals surface area contributed by atoms with Gasteiger partial charge in [0.15, 0.2) is 0 Å². The van der Waals surface area contributed by atoms with E-state index in [1.165, 1.54) is 0 Å². The minimum atomic E-state index is -4.43. The van der Waals surface area contributed by atoms with E-state index in [4.69, 9.17) is 10.5 Å². The summed E-state index contributed by atoms with van der Waals surface area (Å²) in [6, 6.07) is 1.77. The summed E-state index contributed by atoms with van der Waals surface area (Å²) < 4.78 is 43.4. The first-order valence-corrected chi connectivity index (χ1v) is 6.01. The molecular formula is C12H16F3N3O. The zero-order valence-corrected chi connectivity index (χ0v) is 10.5. The Morgan fingerprint density at radius 1 is 1.47 bits per heavy atom. The predicted molar refractivity (Wildman–Crippen MR) is 65.7 cm³/mol. The molecule has 3 N–H and O–H groups in total. The van der Waals surface area contributed by atoms with Crippen LogP contribution in [-0.4, -0.2) is 23.7 Å². The molecule has 0 radical (unpaired) electrons. The van der Waals surface area contributed by atoms with E-state index in [2.05, 4.69) is 10.3 Å². The number of ether oxygens (including phenoxy) is 1. The van der Waals surface area contributed by atoms with Crippen LogP contribution in [0.3, 0.4) is 0 Å². The van der Waals surface area contributed by atoms with Crippen LogP contribution >= 0.6 is 0 Å². The molecule has 1 aromatic heterocycles. The van der Waals surface area contributed by atoms with Crippen LogP contribution < -0.4 is 11.1 Å². The average molecular weight is 275 g/mol. The van der Waals surface area contributed by atoms with E-state index in [0.717, 1.165) is 25.0 Å². The molecule has 0 spiro atoms. The van der Waals surface area contributed by atoms with Crippen molar-refractivity contribution in [1.82, 2.24) is 4.98 Å². The van der Waals surface area contributed by atoms with Crippen molar-refractivity contribution in [3.63, 3.8) is 0 Å². The number of aromatic nitrogens is 1. The zero-order valence-electron chi connectivity index (χ0n) is 10.5. The Hall–Kier alpha value is -1.50. The fourth-order valence-electron chi connectivity index (χ4n) is 2.06. The molecule has 0 amide bonds. The molecule has 19 heavy (non-hydrogen) atoms. The van der Waals surface area contributed by atoms with Crippen LogP contribution in [0, 0.1) is 0 Å². The molecule has 0 bridgehead atoms. The Morgan fingerprint density at radius 3 is 2.79 bits per heavy atom. The maximum absolute atomic E-state index is 12.6. The molecule has 1 saturated heterocycles. The number of nitrogen functional groups attached to an aromatic ring is 1. The number of anilines is 2. The number of halogens is 3. The molecule has 1 aromatic rings. The molecule has 1 fully saturated rings. The van der Waals surface area contributed by atoms with Crippen molar-refractivity contribution >= 4 is 11.6 Å². The van der Waals surface area contributed by atoms with Gasteiger partial charge < -0.3 is 15.8 Å². The van der Waals surface area contributed by atoms with Crippen molar-refractivity contribution in [1.29, 1.82) is 0 Å². The summed E-state index contributed by atoms with van der Waals surface area (Å²) in [4.78, 5) is 3.85. The lowest BCUT2D eigenvalue weighted by atomic mass is 10.0. The first kappa shape index (κ1) is 13.9. The number of hydrogen-bond donors (Lipinski definition) is 2. The molecule has 2 heterocycles. The minimum Gasteiger partial charge on any atom is -0.384 e. The fourth-order valence-corrected chi connectivity index (χ4v) is 2.06. The molecule has 0 aromatic carbocycles. The maximum atomic E-state index is 12.6. The molecule has 0 aliphatic carbocycles. The quantitative estimate of drug-likeness (QED) is 0.890. The summed E-state index contributed by atoms with van der Waals surface area (Å²) in [6.45, 7) is 3.00. The van der Waals surface area contributed by atoms with E-state index in [1.54, 1.807) is 0 Å². The normalized spacial score (nSPS) is 23.6. The molecule has 1 aliphatic heterocycles. The zero-order chi connectivity index (χ0) is 14.1. The van der Waals surface area contributed by atoms with Gasteiger partial charge in [-0.2, -0.15) is 13.2 Å². The van der Waals surface area contributed by atoms with Crippen LogP contribution in [0.4, 0.5) is 24.8 Å². The van der Waals surface area contributed by atoms with Gasteiger partial charge in [-0.25, -0.2) is 4.98 Å². The predicted octanol–water partition coefficient (Wildman–Crippen LogP) is 2.66. The molecule has 4 nitrogen and oxygen atoms in total. The Bertz CT molecular complexity index is 456. The molecule has 1 unspecified atom stereocenters. The highest BCUT2D eigenvalue weighted by Crippen LogP contribution is 2.32. The number of nitrogens with one attached hydrogen (secondary N) is 1.